The molecule has 2 aliphatic rings. The van der Waals surface area contributed by atoms with Crippen LogP contribution in [-0.4, -0.2) is 37.3 Å². The molecule has 0 unspecified atom stereocenters. The first-order chi connectivity index (χ1) is 11.9. The van der Waals surface area contributed by atoms with Gasteiger partial charge in [-0.2, -0.15) is 4.98 Å². The number of hydrogen-bond acceptors (Lipinski definition) is 5. The largest absolute Gasteiger partial charge is 0.490 e. The SMILES string of the molecule is c1ccc(OC2CCN(c3ccc4c(n3)OCCNC4)CC2)cc1. The minimum absolute atomic E-state index is 0.282. The highest BCUT2D eigenvalue weighted by Crippen LogP contribution is 2.26. The maximum atomic E-state index is 6.07. The van der Waals surface area contributed by atoms with Gasteiger partial charge in [0.2, 0.25) is 5.88 Å². The standard InChI is InChI=1S/C19H23N3O2/c1-2-4-16(5-3-1)24-17-8-11-22(12-9-17)18-7-6-15-14-20-10-13-23-19(15)21-18/h1-7,17,20H,8-14H2. The van der Waals surface area contributed by atoms with Gasteiger partial charge in [0.15, 0.2) is 0 Å². The zero-order valence-corrected chi connectivity index (χ0v) is 13.8. The van der Waals surface area contributed by atoms with Crippen molar-refractivity contribution in [2.24, 2.45) is 0 Å². The number of anilines is 1. The van der Waals surface area contributed by atoms with E-state index in [1.165, 1.54) is 0 Å². The lowest BCUT2D eigenvalue weighted by Crippen LogP contribution is -2.38. The zero-order chi connectivity index (χ0) is 16.2. The average Bonchev–Trinajstić information content (AvgIpc) is 2.88. The fourth-order valence-electron chi connectivity index (χ4n) is 3.23. The summed E-state index contributed by atoms with van der Waals surface area (Å²) in [6, 6.07) is 14.3. The molecule has 5 heteroatoms. The number of hydrogen-bond donors (Lipinski definition) is 1. The quantitative estimate of drug-likeness (QED) is 0.940. The summed E-state index contributed by atoms with van der Waals surface area (Å²) in [5.74, 6) is 2.74. The van der Waals surface area contributed by atoms with Crippen LogP contribution in [-0.2, 0) is 6.54 Å². The second-order valence-electron chi connectivity index (χ2n) is 6.28. The summed E-state index contributed by atoms with van der Waals surface area (Å²) in [7, 11) is 0. The van der Waals surface area contributed by atoms with Crippen molar-refractivity contribution < 1.29 is 9.47 Å². The molecule has 2 aliphatic heterocycles. The van der Waals surface area contributed by atoms with E-state index in [-0.39, 0.29) is 6.10 Å². The monoisotopic (exact) mass is 325 g/mol. The fraction of sp³-hybridized carbons (Fsp3) is 0.421. The molecule has 1 N–H and O–H groups in total. The number of nitrogens with one attached hydrogen (secondary N) is 1. The molecule has 4 rings (SSSR count). The summed E-state index contributed by atoms with van der Waals surface area (Å²) in [6.07, 6.45) is 2.30. The van der Waals surface area contributed by atoms with Gasteiger partial charge >= 0.3 is 0 Å². The van der Waals surface area contributed by atoms with Crippen molar-refractivity contribution in [3.05, 3.63) is 48.0 Å². The molecule has 0 radical (unpaired) electrons. The van der Waals surface area contributed by atoms with Crippen LogP contribution in [0.25, 0.3) is 0 Å². The summed E-state index contributed by atoms with van der Waals surface area (Å²) in [5.41, 5.74) is 1.14. The van der Waals surface area contributed by atoms with Gasteiger partial charge in [0.05, 0.1) is 0 Å². The van der Waals surface area contributed by atoms with Crippen LogP contribution in [0.2, 0.25) is 0 Å². The number of rotatable bonds is 3. The minimum Gasteiger partial charge on any atom is -0.490 e. The predicted octanol–water partition coefficient (Wildman–Crippen LogP) is 2.61. The van der Waals surface area contributed by atoms with Crippen molar-refractivity contribution in [3.63, 3.8) is 0 Å². The highest BCUT2D eigenvalue weighted by molar-refractivity contribution is 5.44. The van der Waals surface area contributed by atoms with E-state index >= 15 is 0 Å². The van der Waals surface area contributed by atoms with Crippen molar-refractivity contribution >= 4 is 5.82 Å². The number of nitrogens with zero attached hydrogens (tertiary/aromatic N) is 2. The minimum atomic E-state index is 0.282. The van der Waals surface area contributed by atoms with Crippen LogP contribution in [0.5, 0.6) is 11.6 Å². The molecule has 1 fully saturated rings. The van der Waals surface area contributed by atoms with Crippen LogP contribution in [0.15, 0.2) is 42.5 Å². The highest BCUT2D eigenvalue weighted by Gasteiger charge is 2.22. The molecule has 3 heterocycles. The predicted molar refractivity (Wildman–Crippen MR) is 93.7 cm³/mol. The van der Waals surface area contributed by atoms with Crippen molar-refractivity contribution in [2.75, 3.05) is 31.1 Å². The van der Waals surface area contributed by atoms with E-state index < -0.39 is 0 Å². The Morgan fingerprint density at radius 3 is 2.75 bits per heavy atom. The van der Waals surface area contributed by atoms with Gasteiger partial charge in [0, 0.05) is 44.6 Å². The van der Waals surface area contributed by atoms with Crippen LogP contribution in [0, 0.1) is 0 Å². The fourth-order valence-corrected chi connectivity index (χ4v) is 3.23. The number of piperidine rings is 1. The number of ether oxygens (including phenoxy) is 2. The molecule has 0 spiro atoms. The number of pyridine rings is 1. The number of para-hydroxylation sites is 1. The smallest absolute Gasteiger partial charge is 0.219 e. The highest BCUT2D eigenvalue weighted by atomic mass is 16.5. The van der Waals surface area contributed by atoms with Gasteiger partial charge in [-0.3, -0.25) is 0 Å². The summed E-state index contributed by atoms with van der Waals surface area (Å²) in [4.78, 5) is 7.06. The number of benzene rings is 1. The molecule has 0 atom stereocenters. The van der Waals surface area contributed by atoms with Gasteiger partial charge in [0.25, 0.3) is 0 Å². The summed E-state index contributed by atoms with van der Waals surface area (Å²) in [5, 5.41) is 3.34. The van der Waals surface area contributed by atoms with Crippen LogP contribution in [0.1, 0.15) is 18.4 Å². The van der Waals surface area contributed by atoms with E-state index in [4.69, 9.17) is 14.5 Å². The van der Waals surface area contributed by atoms with E-state index in [1.54, 1.807) is 0 Å². The molecule has 5 nitrogen and oxygen atoms in total. The molecule has 2 aromatic rings. The van der Waals surface area contributed by atoms with E-state index in [2.05, 4.69) is 22.3 Å². The molecule has 0 amide bonds. The molecular weight excluding hydrogens is 302 g/mol. The Labute approximate surface area is 142 Å². The third kappa shape index (κ3) is 3.46. The molecule has 0 aliphatic carbocycles. The summed E-state index contributed by atoms with van der Waals surface area (Å²) < 4.78 is 11.8. The van der Waals surface area contributed by atoms with E-state index in [9.17, 15) is 0 Å². The second-order valence-corrected chi connectivity index (χ2v) is 6.28. The molecular formula is C19H23N3O2. The Kier molecular flexibility index (Phi) is 4.51. The lowest BCUT2D eigenvalue weighted by Gasteiger charge is -2.33. The first kappa shape index (κ1) is 15.3. The van der Waals surface area contributed by atoms with Crippen LogP contribution in [0.4, 0.5) is 5.82 Å². The van der Waals surface area contributed by atoms with Crippen molar-refractivity contribution in [2.45, 2.75) is 25.5 Å². The third-order valence-corrected chi connectivity index (χ3v) is 4.57. The molecule has 24 heavy (non-hydrogen) atoms. The van der Waals surface area contributed by atoms with E-state index in [1.807, 2.05) is 30.3 Å². The normalized spacial score (nSPS) is 18.4. The first-order valence-corrected chi connectivity index (χ1v) is 8.68. The van der Waals surface area contributed by atoms with E-state index in [0.717, 1.165) is 62.0 Å². The average molecular weight is 325 g/mol. The third-order valence-electron chi connectivity index (χ3n) is 4.57. The van der Waals surface area contributed by atoms with Gasteiger partial charge in [-0.05, 0) is 24.3 Å². The second kappa shape index (κ2) is 7.09. The zero-order valence-electron chi connectivity index (χ0n) is 13.8. The Morgan fingerprint density at radius 1 is 1.08 bits per heavy atom. The van der Waals surface area contributed by atoms with Crippen molar-refractivity contribution in [1.29, 1.82) is 0 Å². The van der Waals surface area contributed by atoms with Crippen molar-refractivity contribution in [1.82, 2.24) is 10.3 Å². The molecule has 1 aromatic heterocycles. The first-order valence-electron chi connectivity index (χ1n) is 8.68. The molecule has 0 saturated carbocycles. The summed E-state index contributed by atoms with van der Waals surface area (Å²) in [6.45, 7) is 4.29. The number of aromatic nitrogens is 1. The van der Waals surface area contributed by atoms with Gasteiger partial charge in [0.1, 0.15) is 24.3 Å². The molecule has 1 aromatic carbocycles. The topological polar surface area (TPSA) is 46.6 Å². The van der Waals surface area contributed by atoms with Crippen LogP contribution < -0.4 is 19.7 Å². The Morgan fingerprint density at radius 2 is 1.92 bits per heavy atom. The molecule has 1 saturated heterocycles. The molecule has 126 valence electrons. The van der Waals surface area contributed by atoms with Crippen LogP contribution in [0.3, 0.4) is 0 Å². The number of fused-ring (bicyclic) bond motifs is 1. The van der Waals surface area contributed by atoms with Gasteiger partial charge < -0.3 is 19.7 Å². The summed E-state index contributed by atoms with van der Waals surface area (Å²) >= 11 is 0. The van der Waals surface area contributed by atoms with Crippen molar-refractivity contribution in [3.8, 4) is 11.6 Å². The van der Waals surface area contributed by atoms with Gasteiger partial charge in [-0.15, -0.1) is 0 Å². The Hall–Kier alpha value is -2.27. The van der Waals surface area contributed by atoms with Gasteiger partial charge in [-0.1, -0.05) is 18.2 Å². The maximum absolute atomic E-state index is 6.07. The van der Waals surface area contributed by atoms with Gasteiger partial charge in [-0.25, -0.2) is 0 Å². The van der Waals surface area contributed by atoms with Crippen LogP contribution >= 0.6 is 0 Å². The Bertz CT molecular complexity index is 670. The lowest BCUT2D eigenvalue weighted by molar-refractivity contribution is 0.170. The van der Waals surface area contributed by atoms with E-state index in [0.29, 0.717) is 6.61 Å². The molecule has 0 bridgehead atoms. The Balaban J connectivity index is 1.38. The lowest BCUT2D eigenvalue weighted by atomic mass is 10.1. The maximum Gasteiger partial charge on any atom is 0.219 e.